The zero-order valence-electron chi connectivity index (χ0n) is 9.16. The van der Waals surface area contributed by atoms with Crippen LogP contribution in [0.25, 0.3) is 11.3 Å². The Bertz CT molecular complexity index is 559. The van der Waals surface area contributed by atoms with Crippen LogP contribution in [0, 0.1) is 18.3 Å². The summed E-state index contributed by atoms with van der Waals surface area (Å²) in [5, 5.41) is 8.98. The highest BCUT2D eigenvalue weighted by molar-refractivity contribution is 9.10. The van der Waals surface area contributed by atoms with Crippen molar-refractivity contribution in [2.45, 2.75) is 6.92 Å². The van der Waals surface area contributed by atoms with Crippen LogP contribution in [0.5, 0.6) is 0 Å². The summed E-state index contributed by atoms with van der Waals surface area (Å²) >= 11 is 3.41. The van der Waals surface area contributed by atoms with Gasteiger partial charge in [-0.05, 0) is 30.7 Å². The third-order valence-corrected chi connectivity index (χ3v) is 3.32. The first kappa shape index (κ1) is 11.0. The van der Waals surface area contributed by atoms with Crippen LogP contribution in [0.2, 0.25) is 0 Å². The van der Waals surface area contributed by atoms with Crippen LogP contribution in [-0.4, -0.2) is 4.57 Å². The maximum atomic E-state index is 8.98. The molecule has 0 bridgehead atoms. The van der Waals surface area contributed by atoms with Crippen LogP contribution in [0.3, 0.4) is 0 Å². The zero-order valence-corrected chi connectivity index (χ0v) is 10.7. The lowest BCUT2D eigenvalue weighted by Gasteiger charge is -2.04. The van der Waals surface area contributed by atoms with Crippen molar-refractivity contribution in [3.63, 3.8) is 0 Å². The van der Waals surface area contributed by atoms with E-state index in [-0.39, 0.29) is 0 Å². The Labute approximate surface area is 103 Å². The Morgan fingerprint density at radius 1 is 1.25 bits per heavy atom. The van der Waals surface area contributed by atoms with Crippen molar-refractivity contribution < 1.29 is 0 Å². The summed E-state index contributed by atoms with van der Waals surface area (Å²) in [7, 11) is 1.98. The van der Waals surface area contributed by atoms with E-state index >= 15 is 0 Å². The van der Waals surface area contributed by atoms with E-state index in [1.54, 1.807) is 0 Å². The minimum Gasteiger partial charge on any atom is -0.347 e. The molecule has 0 unspecified atom stereocenters. The molecule has 16 heavy (non-hydrogen) atoms. The summed E-state index contributed by atoms with van der Waals surface area (Å²) in [6.45, 7) is 1.96. The molecule has 0 spiro atoms. The van der Waals surface area contributed by atoms with Gasteiger partial charge in [-0.15, -0.1) is 0 Å². The Morgan fingerprint density at radius 3 is 2.38 bits per heavy atom. The summed E-state index contributed by atoms with van der Waals surface area (Å²) in [5.74, 6) is 0. The average Bonchev–Trinajstić information content (AvgIpc) is 2.57. The molecular formula is C13H11BrN2. The molecule has 1 aromatic heterocycles. The van der Waals surface area contributed by atoms with Crippen LogP contribution < -0.4 is 0 Å². The SMILES string of the molecule is Cc1c(C#N)cc(-c2ccc(Br)cc2)n1C. The molecule has 2 rings (SSSR count). The van der Waals surface area contributed by atoms with E-state index in [1.165, 1.54) is 0 Å². The second kappa shape index (κ2) is 4.15. The Hall–Kier alpha value is -1.53. The fourth-order valence-corrected chi connectivity index (χ4v) is 1.97. The fraction of sp³-hybridized carbons (Fsp3) is 0.154. The topological polar surface area (TPSA) is 28.7 Å². The van der Waals surface area contributed by atoms with Crippen molar-refractivity contribution >= 4 is 15.9 Å². The number of benzene rings is 1. The normalized spacial score (nSPS) is 10.1. The lowest BCUT2D eigenvalue weighted by atomic mass is 10.1. The summed E-state index contributed by atoms with van der Waals surface area (Å²) in [4.78, 5) is 0. The molecule has 0 aliphatic carbocycles. The minimum atomic E-state index is 0.736. The van der Waals surface area contributed by atoms with Gasteiger partial charge in [-0.3, -0.25) is 0 Å². The van der Waals surface area contributed by atoms with Crippen LogP contribution >= 0.6 is 15.9 Å². The van der Waals surface area contributed by atoms with Gasteiger partial charge >= 0.3 is 0 Å². The van der Waals surface area contributed by atoms with Gasteiger partial charge < -0.3 is 4.57 Å². The van der Waals surface area contributed by atoms with E-state index < -0.39 is 0 Å². The zero-order chi connectivity index (χ0) is 11.7. The van der Waals surface area contributed by atoms with Gasteiger partial charge in [0.25, 0.3) is 0 Å². The van der Waals surface area contributed by atoms with Crippen LogP contribution in [-0.2, 0) is 7.05 Å². The van der Waals surface area contributed by atoms with Crippen molar-refractivity contribution in [1.29, 1.82) is 5.26 Å². The van der Waals surface area contributed by atoms with Crippen LogP contribution in [0.4, 0.5) is 0 Å². The van der Waals surface area contributed by atoms with E-state index in [2.05, 4.69) is 22.0 Å². The molecule has 0 atom stereocenters. The van der Waals surface area contributed by atoms with Crippen molar-refractivity contribution in [2.24, 2.45) is 7.05 Å². The standard InChI is InChI=1S/C13H11BrN2/c1-9-11(8-15)7-13(16(9)2)10-3-5-12(14)6-4-10/h3-7H,1-2H3. The van der Waals surface area contributed by atoms with Gasteiger partial charge in [-0.25, -0.2) is 0 Å². The molecule has 0 aliphatic rings. The predicted molar refractivity (Wildman–Crippen MR) is 68.0 cm³/mol. The van der Waals surface area contributed by atoms with Gasteiger partial charge in [0.1, 0.15) is 6.07 Å². The molecule has 3 heteroatoms. The third kappa shape index (κ3) is 1.77. The number of rotatable bonds is 1. The van der Waals surface area contributed by atoms with Crippen molar-refractivity contribution in [3.8, 4) is 17.3 Å². The van der Waals surface area contributed by atoms with Gasteiger partial charge in [0, 0.05) is 22.9 Å². The van der Waals surface area contributed by atoms with Gasteiger partial charge in [0.2, 0.25) is 0 Å². The van der Waals surface area contributed by atoms with E-state index in [0.29, 0.717) is 0 Å². The number of hydrogen-bond donors (Lipinski definition) is 0. The summed E-state index contributed by atoms with van der Waals surface area (Å²) in [5.41, 5.74) is 3.93. The molecule has 1 heterocycles. The predicted octanol–water partition coefficient (Wildman–Crippen LogP) is 3.63. The maximum absolute atomic E-state index is 8.98. The molecule has 2 nitrogen and oxygen atoms in total. The van der Waals surface area contributed by atoms with E-state index in [1.807, 2.05) is 48.9 Å². The fourth-order valence-electron chi connectivity index (χ4n) is 1.71. The first-order chi connectivity index (χ1) is 7.63. The largest absolute Gasteiger partial charge is 0.347 e. The molecular weight excluding hydrogens is 264 g/mol. The molecule has 1 aromatic carbocycles. The van der Waals surface area contributed by atoms with Crippen molar-refractivity contribution in [2.75, 3.05) is 0 Å². The molecule has 0 amide bonds. The third-order valence-electron chi connectivity index (χ3n) is 2.80. The van der Waals surface area contributed by atoms with Crippen molar-refractivity contribution in [1.82, 2.24) is 4.57 Å². The first-order valence-corrected chi connectivity index (χ1v) is 5.75. The van der Waals surface area contributed by atoms with E-state index in [4.69, 9.17) is 5.26 Å². The van der Waals surface area contributed by atoms with Crippen LogP contribution in [0.15, 0.2) is 34.8 Å². The van der Waals surface area contributed by atoms with Gasteiger partial charge in [-0.1, -0.05) is 28.1 Å². The Balaban J connectivity index is 2.57. The average molecular weight is 275 g/mol. The van der Waals surface area contributed by atoms with Gasteiger partial charge in [0.05, 0.1) is 5.56 Å². The van der Waals surface area contributed by atoms with E-state index in [9.17, 15) is 0 Å². The highest BCUT2D eigenvalue weighted by atomic mass is 79.9. The lowest BCUT2D eigenvalue weighted by molar-refractivity contribution is 0.889. The maximum Gasteiger partial charge on any atom is 0.101 e. The summed E-state index contributed by atoms with van der Waals surface area (Å²) in [6.07, 6.45) is 0. The summed E-state index contributed by atoms with van der Waals surface area (Å²) < 4.78 is 3.10. The van der Waals surface area contributed by atoms with Gasteiger partial charge in [0.15, 0.2) is 0 Å². The molecule has 0 saturated heterocycles. The smallest absolute Gasteiger partial charge is 0.101 e. The highest BCUT2D eigenvalue weighted by Gasteiger charge is 2.09. The van der Waals surface area contributed by atoms with Crippen LogP contribution in [0.1, 0.15) is 11.3 Å². The number of aromatic nitrogens is 1. The Kier molecular flexibility index (Phi) is 2.84. The monoisotopic (exact) mass is 274 g/mol. The van der Waals surface area contributed by atoms with Crippen molar-refractivity contribution in [3.05, 3.63) is 46.1 Å². The van der Waals surface area contributed by atoms with Gasteiger partial charge in [-0.2, -0.15) is 5.26 Å². The second-order valence-electron chi connectivity index (χ2n) is 3.71. The second-order valence-corrected chi connectivity index (χ2v) is 4.62. The van der Waals surface area contributed by atoms with E-state index in [0.717, 1.165) is 27.0 Å². The molecule has 0 saturated carbocycles. The molecule has 0 fully saturated rings. The minimum absolute atomic E-state index is 0.736. The molecule has 0 aliphatic heterocycles. The molecule has 2 aromatic rings. The number of hydrogen-bond acceptors (Lipinski definition) is 1. The quantitative estimate of drug-likeness (QED) is 0.781. The molecule has 80 valence electrons. The molecule has 0 radical (unpaired) electrons. The molecule has 0 N–H and O–H groups in total. The number of halogens is 1. The lowest BCUT2D eigenvalue weighted by Crippen LogP contribution is -1.94. The first-order valence-electron chi connectivity index (χ1n) is 4.96. The number of nitriles is 1. The highest BCUT2D eigenvalue weighted by Crippen LogP contribution is 2.25. The Morgan fingerprint density at radius 2 is 1.88 bits per heavy atom. The number of nitrogens with zero attached hydrogens (tertiary/aromatic N) is 2. The summed E-state index contributed by atoms with van der Waals surface area (Å²) in [6, 6.07) is 12.2.